The molecule has 2 aliphatic rings. The molecule has 0 aromatic carbocycles. The van der Waals surface area contributed by atoms with Gasteiger partial charge in [-0.3, -0.25) is 9.89 Å². The molecule has 2 N–H and O–H groups in total. The van der Waals surface area contributed by atoms with Gasteiger partial charge in [-0.15, -0.1) is 24.0 Å². The Kier molecular flexibility index (Phi) is 11.4. The van der Waals surface area contributed by atoms with Gasteiger partial charge in [-0.05, 0) is 58.5 Å². The van der Waals surface area contributed by atoms with Crippen molar-refractivity contribution in [2.24, 2.45) is 16.8 Å². The molecule has 2 heterocycles. The lowest BCUT2D eigenvalue weighted by atomic mass is 10.1. The molecule has 6 heteroatoms. The molecule has 2 saturated heterocycles. The highest BCUT2D eigenvalue weighted by molar-refractivity contribution is 14.0. The first kappa shape index (κ1) is 24.0. The Balaban J connectivity index is 0.00000338. The van der Waals surface area contributed by atoms with Gasteiger partial charge >= 0.3 is 0 Å². The zero-order chi connectivity index (χ0) is 18.2. The standard InChI is InChI=1S/C20H41N5.HI/c1-6-21-20(23-19-15-25(16(2)3)14-18(19)5)22-12-17(4)13-24-10-8-7-9-11-24;/h16-19H,6-15H2,1-5H3,(H2,21,22,23);1H. The Labute approximate surface area is 178 Å². The van der Waals surface area contributed by atoms with Gasteiger partial charge in [0.2, 0.25) is 0 Å². The minimum Gasteiger partial charge on any atom is -0.357 e. The van der Waals surface area contributed by atoms with Crippen LogP contribution < -0.4 is 10.6 Å². The largest absolute Gasteiger partial charge is 0.357 e. The van der Waals surface area contributed by atoms with Crippen molar-refractivity contribution >= 4 is 29.9 Å². The SMILES string of the molecule is CCNC(=NCC(C)CN1CCCCC1)NC1CN(C(C)C)CC1C.I. The van der Waals surface area contributed by atoms with Crippen LogP contribution in [0.25, 0.3) is 0 Å². The number of halogens is 1. The van der Waals surface area contributed by atoms with E-state index in [-0.39, 0.29) is 24.0 Å². The number of likely N-dealkylation sites (tertiary alicyclic amines) is 2. The number of nitrogens with zero attached hydrogens (tertiary/aromatic N) is 3. The number of piperidine rings is 1. The van der Waals surface area contributed by atoms with E-state index in [1.807, 2.05) is 0 Å². The van der Waals surface area contributed by atoms with E-state index in [9.17, 15) is 0 Å². The van der Waals surface area contributed by atoms with Crippen LogP contribution in [-0.4, -0.2) is 73.7 Å². The molecular weight excluding hydrogens is 437 g/mol. The predicted octanol–water partition coefficient (Wildman–Crippen LogP) is 3.01. The summed E-state index contributed by atoms with van der Waals surface area (Å²) in [6, 6.07) is 1.12. The summed E-state index contributed by atoms with van der Waals surface area (Å²) in [5.74, 6) is 2.27. The number of hydrogen-bond acceptors (Lipinski definition) is 3. The summed E-state index contributed by atoms with van der Waals surface area (Å²) in [5, 5.41) is 7.13. The van der Waals surface area contributed by atoms with Crippen molar-refractivity contribution in [3.8, 4) is 0 Å². The predicted molar refractivity (Wildman–Crippen MR) is 124 cm³/mol. The molecule has 0 aromatic rings. The van der Waals surface area contributed by atoms with Gasteiger partial charge in [0.25, 0.3) is 0 Å². The molecule has 5 nitrogen and oxygen atoms in total. The molecule has 2 rings (SSSR count). The molecule has 0 aromatic heterocycles. The van der Waals surface area contributed by atoms with Crippen LogP contribution in [0.15, 0.2) is 4.99 Å². The van der Waals surface area contributed by atoms with Crippen molar-refractivity contribution in [1.82, 2.24) is 20.4 Å². The maximum Gasteiger partial charge on any atom is 0.191 e. The van der Waals surface area contributed by atoms with Gasteiger partial charge in [0.1, 0.15) is 0 Å². The van der Waals surface area contributed by atoms with Crippen molar-refractivity contribution < 1.29 is 0 Å². The van der Waals surface area contributed by atoms with Crippen LogP contribution in [0.1, 0.15) is 53.9 Å². The Morgan fingerprint density at radius 2 is 1.81 bits per heavy atom. The second-order valence-electron chi connectivity index (χ2n) is 8.46. The van der Waals surface area contributed by atoms with Crippen molar-refractivity contribution in [3.63, 3.8) is 0 Å². The topological polar surface area (TPSA) is 42.9 Å². The number of aliphatic imine (C=N–C) groups is 1. The lowest BCUT2D eigenvalue weighted by Gasteiger charge is -2.28. The summed E-state index contributed by atoms with van der Waals surface area (Å²) in [6.07, 6.45) is 4.14. The molecule has 154 valence electrons. The fraction of sp³-hybridized carbons (Fsp3) is 0.950. The lowest BCUT2D eigenvalue weighted by molar-refractivity contribution is 0.203. The van der Waals surface area contributed by atoms with Crippen LogP contribution in [0.4, 0.5) is 0 Å². The fourth-order valence-electron chi connectivity index (χ4n) is 4.00. The Morgan fingerprint density at radius 1 is 1.12 bits per heavy atom. The van der Waals surface area contributed by atoms with Crippen molar-refractivity contribution in [2.45, 2.75) is 66.0 Å². The van der Waals surface area contributed by atoms with Gasteiger partial charge in [-0.1, -0.05) is 20.3 Å². The van der Waals surface area contributed by atoms with E-state index < -0.39 is 0 Å². The highest BCUT2D eigenvalue weighted by Crippen LogP contribution is 2.18. The molecule has 0 saturated carbocycles. The number of hydrogen-bond donors (Lipinski definition) is 2. The Hall–Kier alpha value is -0.0800. The van der Waals surface area contributed by atoms with Crippen LogP contribution in [0.3, 0.4) is 0 Å². The molecule has 2 aliphatic heterocycles. The van der Waals surface area contributed by atoms with Crippen molar-refractivity contribution in [2.75, 3.05) is 45.8 Å². The summed E-state index contributed by atoms with van der Waals surface area (Å²) in [7, 11) is 0. The summed E-state index contributed by atoms with van der Waals surface area (Å²) in [4.78, 5) is 10.1. The molecule has 2 fully saturated rings. The average Bonchev–Trinajstić information content (AvgIpc) is 2.95. The van der Waals surface area contributed by atoms with Crippen LogP contribution in [0.5, 0.6) is 0 Å². The smallest absolute Gasteiger partial charge is 0.191 e. The Bertz CT molecular complexity index is 409. The summed E-state index contributed by atoms with van der Waals surface area (Å²) in [5.41, 5.74) is 0. The van der Waals surface area contributed by atoms with Crippen LogP contribution >= 0.6 is 24.0 Å². The first-order valence-corrected chi connectivity index (χ1v) is 10.5. The van der Waals surface area contributed by atoms with E-state index in [1.165, 1.54) is 45.4 Å². The van der Waals surface area contributed by atoms with Gasteiger partial charge < -0.3 is 15.5 Å². The second kappa shape index (κ2) is 12.4. The quantitative estimate of drug-likeness (QED) is 0.335. The van der Waals surface area contributed by atoms with Crippen LogP contribution in [0, 0.1) is 11.8 Å². The maximum atomic E-state index is 4.90. The average molecular weight is 479 g/mol. The minimum absolute atomic E-state index is 0. The van der Waals surface area contributed by atoms with Gasteiger partial charge in [0.15, 0.2) is 5.96 Å². The van der Waals surface area contributed by atoms with Gasteiger partial charge in [-0.2, -0.15) is 0 Å². The van der Waals surface area contributed by atoms with Crippen molar-refractivity contribution in [1.29, 1.82) is 0 Å². The molecule has 3 unspecified atom stereocenters. The molecule has 0 radical (unpaired) electrons. The zero-order valence-corrected chi connectivity index (χ0v) is 20.0. The monoisotopic (exact) mass is 479 g/mol. The van der Waals surface area contributed by atoms with Gasteiger partial charge in [-0.25, -0.2) is 0 Å². The van der Waals surface area contributed by atoms with Gasteiger partial charge in [0, 0.05) is 44.8 Å². The summed E-state index contributed by atoms with van der Waals surface area (Å²) >= 11 is 0. The first-order valence-electron chi connectivity index (χ1n) is 10.5. The number of guanidine groups is 1. The second-order valence-corrected chi connectivity index (χ2v) is 8.46. The molecule has 26 heavy (non-hydrogen) atoms. The third-order valence-corrected chi connectivity index (χ3v) is 5.62. The van der Waals surface area contributed by atoms with E-state index in [0.29, 0.717) is 23.9 Å². The molecular formula is C20H42IN5. The molecule has 0 amide bonds. The van der Waals surface area contributed by atoms with E-state index in [2.05, 4.69) is 55.1 Å². The third kappa shape index (κ3) is 7.89. The highest BCUT2D eigenvalue weighted by Gasteiger charge is 2.31. The molecule has 3 atom stereocenters. The molecule has 0 bridgehead atoms. The Morgan fingerprint density at radius 3 is 2.38 bits per heavy atom. The normalized spacial score (nSPS) is 26.6. The molecule has 0 aliphatic carbocycles. The van der Waals surface area contributed by atoms with E-state index >= 15 is 0 Å². The van der Waals surface area contributed by atoms with Crippen LogP contribution in [-0.2, 0) is 0 Å². The maximum absolute atomic E-state index is 4.90. The van der Waals surface area contributed by atoms with Gasteiger partial charge in [0.05, 0.1) is 0 Å². The third-order valence-electron chi connectivity index (χ3n) is 5.62. The van der Waals surface area contributed by atoms with Crippen molar-refractivity contribution in [3.05, 3.63) is 0 Å². The summed E-state index contributed by atoms with van der Waals surface area (Å²) in [6.45, 7) is 19.3. The van der Waals surface area contributed by atoms with Crippen LogP contribution in [0.2, 0.25) is 0 Å². The number of nitrogens with one attached hydrogen (secondary N) is 2. The number of rotatable bonds is 7. The summed E-state index contributed by atoms with van der Waals surface area (Å²) < 4.78 is 0. The first-order chi connectivity index (χ1) is 12.0. The zero-order valence-electron chi connectivity index (χ0n) is 17.6. The fourth-order valence-corrected chi connectivity index (χ4v) is 4.00. The van der Waals surface area contributed by atoms with E-state index in [1.54, 1.807) is 0 Å². The highest BCUT2D eigenvalue weighted by atomic mass is 127. The van der Waals surface area contributed by atoms with E-state index in [0.717, 1.165) is 25.6 Å². The molecule has 0 spiro atoms. The minimum atomic E-state index is 0. The lowest BCUT2D eigenvalue weighted by Crippen LogP contribution is -2.47. The van der Waals surface area contributed by atoms with E-state index in [4.69, 9.17) is 4.99 Å².